The van der Waals surface area contributed by atoms with E-state index in [1.807, 2.05) is 0 Å². The van der Waals surface area contributed by atoms with Crippen molar-refractivity contribution in [1.82, 2.24) is 5.32 Å². The van der Waals surface area contributed by atoms with E-state index in [0.717, 1.165) is 40.9 Å². The highest BCUT2D eigenvalue weighted by Crippen LogP contribution is 2.33. The van der Waals surface area contributed by atoms with Gasteiger partial charge in [0.05, 0.1) is 16.1 Å². The van der Waals surface area contributed by atoms with Gasteiger partial charge in [-0.3, -0.25) is 9.10 Å². The standard InChI is InChI=1S/C24H29F3N2O3S2/c1-18-10-12-22(13-11-18)34(31,32)29(20-7-5-6-19(16-20)24(25,26)27)17-23(30)28-14-15-33-21-8-3-2-4-9-21/h5-7,10-13,16,21H,2-4,8-9,14-15,17H2,1H3,(H,28,30). The smallest absolute Gasteiger partial charge is 0.354 e. The quantitative estimate of drug-likeness (QED) is 0.456. The lowest BCUT2D eigenvalue weighted by Gasteiger charge is -2.25. The van der Waals surface area contributed by atoms with Crippen molar-refractivity contribution in [3.8, 4) is 0 Å². The molecule has 0 atom stereocenters. The molecule has 0 radical (unpaired) electrons. The summed E-state index contributed by atoms with van der Waals surface area (Å²) >= 11 is 1.79. The van der Waals surface area contributed by atoms with Crippen LogP contribution in [0.1, 0.15) is 43.2 Å². The molecule has 10 heteroatoms. The van der Waals surface area contributed by atoms with E-state index in [1.165, 1.54) is 37.5 Å². The fraction of sp³-hybridized carbons (Fsp3) is 0.458. The Labute approximate surface area is 203 Å². The van der Waals surface area contributed by atoms with Crippen LogP contribution in [0, 0.1) is 6.92 Å². The van der Waals surface area contributed by atoms with Crippen molar-refractivity contribution in [1.29, 1.82) is 0 Å². The number of rotatable bonds is 9. The lowest BCUT2D eigenvalue weighted by Crippen LogP contribution is -2.41. The zero-order chi connectivity index (χ0) is 24.8. The van der Waals surface area contributed by atoms with Gasteiger partial charge in [0.2, 0.25) is 5.91 Å². The number of carbonyl (C=O) groups excluding carboxylic acids is 1. The third-order valence-corrected chi connectivity index (χ3v) is 8.86. The predicted octanol–water partition coefficient (Wildman–Crippen LogP) is 5.39. The van der Waals surface area contributed by atoms with E-state index < -0.39 is 34.2 Å². The molecule has 0 bridgehead atoms. The molecular formula is C24H29F3N2O3S2. The van der Waals surface area contributed by atoms with E-state index in [1.54, 1.807) is 30.8 Å². The van der Waals surface area contributed by atoms with Gasteiger partial charge in [-0.25, -0.2) is 8.42 Å². The number of hydrogen-bond acceptors (Lipinski definition) is 4. The highest BCUT2D eigenvalue weighted by Gasteiger charge is 2.33. The molecule has 2 aromatic rings. The average Bonchev–Trinajstić information content (AvgIpc) is 2.81. The highest BCUT2D eigenvalue weighted by molar-refractivity contribution is 7.99. The van der Waals surface area contributed by atoms with Gasteiger partial charge in [-0.1, -0.05) is 43.0 Å². The van der Waals surface area contributed by atoms with Crippen molar-refractivity contribution in [3.63, 3.8) is 0 Å². The van der Waals surface area contributed by atoms with E-state index in [0.29, 0.717) is 17.5 Å². The maximum absolute atomic E-state index is 13.3. The molecule has 5 nitrogen and oxygen atoms in total. The number of alkyl halides is 3. The van der Waals surface area contributed by atoms with Crippen molar-refractivity contribution in [2.75, 3.05) is 23.1 Å². The molecule has 34 heavy (non-hydrogen) atoms. The Balaban J connectivity index is 1.76. The van der Waals surface area contributed by atoms with Crippen LogP contribution >= 0.6 is 11.8 Å². The summed E-state index contributed by atoms with van der Waals surface area (Å²) in [6, 6.07) is 9.95. The summed E-state index contributed by atoms with van der Waals surface area (Å²) in [7, 11) is -4.28. The predicted molar refractivity (Wildman–Crippen MR) is 129 cm³/mol. The topological polar surface area (TPSA) is 66.5 Å². The monoisotopic (exact) mass is 514 g/mol. The summed E-state index contributed by atoms with van der Waals surface area (Å²) < 4.78 is 67.2. The van der Waals surface area contributed by atoms with Crippen LogP contribution in [0.3, 0.4) is 0 Å². The molecule has 0 heterocycles. The number of nitrogens with zero attached hydrogens (tertiary/aromatic N) is 1. The number of halogens is 3. The molecule has 0 spiro atoms. The number of thioether (sulfide) groups is 1. The average molecular weight is 515 g/mol. The molecule has 1 saturated carbocycles. The fourth-order valence-corrected chi connectivity index (χ4v) is 6.46. The molecule has 1 fully saturated rings. The Morgan fingerprint density at radius 3 is 2.41 bits per heavy atom. The summed E-state index contributed by atoms with van der Waals surface area (Å²) in [5.74, 6) is 0.127. The van der Waals surface area contributed by atoms with Crippen molar-refractivity contribution in [2.24, 2.45) is 0 Å². The number of carbonyl (C=O) groups is 1. The van der Waals surface area contributed by atoms with Crippen LogP contribution in [0.25, 0.3) is 0 Å². The maximum atomic E-state index is 13.3. The molecule has 186 valence electrons. The molecule has 1 aliphatic rings. The summed E-state index contributed by atoms with van der Waals surface area (Å²) in [5.41, 5.74) is -0.377. The zero-order valence-electron chi connectivity index (χ0n) is 19.0. The van der Waals surface area contributed by atoms with Crippen LogP contribution in [0.5, 0.6) is 0 Å². The Morgan fingerprint density at radius 2 is 1.76 bits per heavy atom. The summed E-state index contributed by atoms with van der Waals surface area (Å²) in [6.07, 6.45) is 1.37. The number of aryl methyl sites for hydroxylation is 1. The Morgan fingerprint density at radius 1 is 1.09 bits per heavy atom. The van der Waals surface area contributed by atoms with Crippen molar-refractivity contribution in [3.05, 3.63) is 59.7 Å². The van der Waals surface area contributed by atoms with E-state index in [-0.39, 0.29) is 10.6 Å². The fourth-order valence-electron chi connectivity index (χ4n) is 3.82. The van der Waals surface area contributed by atoms with Gasteiger partial charge in [0.25, 0.3) is 10.0 Å². The van der Waals surface area contributed by atoms with Gasteiger partial charge in [-0.15, -0.1) is 0 Å². The maximum Gasteiger partial charge on any atom is 0.416 e. The first-order valence-corrected chi connectivity index (χ1v) is 13.7. The molecule has 1 aliphatic carbocycles. The Bertz CT molecular complexity index is 1070. The van der Waals surface area contributed by atoms with Gasteiger partial charge in [0.1, 0.15) is 6.54 Å². The minimum atomic E-state index is -4.64. The van der Waals surface area contributed by atoms with Crippen LogP contribution in [-0.4, -0.2) is 38.4 Å². The van der Waals surface area contributed by atoms with Gasteiger partial charge in [0.15, 0.2) is 0 Å². The SMILES string of the molecule is Cc1ccc(S(=O)(=O)N(CC(=O)NCCSC2CCCCC2)c2cccc(C(F)(F)F)c2)cc1. The number of amides is 1. The molecular weight excluding hydrogens is 485 g/mol. The van der Waals surface area contributed by atoms with Crippen molar-refractivity contribution < 1.29 is 26.4 Å². The Kier molecular flexibility index (Phi) is 8.92. The van der Waals surface area contributed by atoms with E-state index >= 15 is 0 Å². The summed E-state index contributed by atoms with van der Waals surface area (Å²) in [5, 5.41) is 3.29. The normalized spacial score (nSPS) is 15.2. The zero-order valence-corrected chi connectivity index (χ0v) is 20.6. The number of sulfonamides is 1. The van der Waals surface area contributed by atoms with Gasteiger partial charge in [0, 0.05) is 17.5 Å². The molecule has 1 N–H and O–H groups in total. The lowest BCUT2D eigenvalue weighted by molar-refractivity contribution is -0.137. The largest absolute Gasteiger partial charge is 0.416 e. The molecule has 1 amide bonds. The van der Waals surface area contributed by atoms with Crippen LogP contribution in [0.4, 0.5) is 18.9 Å². The first kappa shape index (κ1) is 26.4. The van der Waals surface area contributed by atoms with Crippen molar-refractivity contribution in [2.45, 2.75) is 55.3 Å². The number of hydrogen-bond donors (Lipinski definition) is 1. The van der Waals surface area contributed by atoms with Crippen LogP contribution < -0.4 is 9.62 Å². The second kappa shape index (κ2) is 11.5. The Hall–Kier alpha value is -2.20. The third-order valence-electron chi connectivity index (χ3n) is 5.69. The summed E-state index contributed by atoms with van der Waals surface area (Å²) in [4.78, 5) is 12.5. The van der Waals surface area contributed by atoms with E-state index in [4.69, 9.17) is 0 Å². The molecule has 0 aromatic heterocycles. The van der Waals surface area contributed by atoms with E-state index in [2.05, 4.69) is 5.32 Å². The van der Waals surface area contributed by atoms with Gasteiger partial charge in [-0.2, -0.15) is 24.9 Å². The third kappa shape index (κ3) is 7.15. The van der Waals surface area contributed by atoms with Gasteiger partial charge < -0.3 is 5.32 Å². The first-order valence-electron chi connectivity index (χ1n) is 11.2. The van der Waals surface area contributed by atoms with Gasteiger partial charge >= 0.3 is 6.18 Å². The second-order valence-electron chi connectivity index (χ2n) is 8.35. The minimum Gasteiger partial charge on any atom is -0.354 e. The molecule has 0 unspecified atom stereocenters. The van der Waals surface area contributed by atoms with Crippen LogP contribution in [-0.2, 0) is 21.0 Å². The number of anilines is 1. The minimum absolute atomic E-state index is 0.101. The second-order valence-corrected chi connectivity index (χ2v) is 11.6. The van der Waals surface area contributed by atoms with E-state index in [9.17, 15) is 26.4 Å². The number of nitrogens with one attached hydrogen (secondary N) is 1. The number of benzene rings is 2. The molecule has 0 saturated heterocycles. The van der Waals surface area contributed by atoms with Crippen LogP contribution in [0.15, 0.2) is 53.4 Å². The first-order chi connectivity index (χ1) is 16.1. The van der Waals surface area contributed by atoms with Gasteiger partial charge in [-0.05, 0) is 50.1 Å². The molecule has 2 aromatic carbocycles. The highest BCUT2D eigenvalue weighted by atomic mass is 32.2. The van der Waals surface area contributed by atoms with Crippen molar-refractivity contribution >= 4 is 33.4 Å². The van der Waals surface area contributed by atoms with Crippen LogP contribution in [0.2, 0.25) is 0 Å². The molecule has 3 rings (SSSR count). The molecule has 0 aliphatic heterocycles. The summed E-state index contributed by atoms with van der Waals surface area (Å²) in [6.45, 7) is 1.53. The lowest BCUT2D eigenvalue weighted by atomic mass is 10.0.